The van der Waals surface area contributed by atoms with Crippen LogP contribution in [0.2, 0.25) is 0 Å². The quantitative estimate of drug-likeness (QED) is 0.733. The van der Waals surface area contributed by atoms with Gasteiger partial charge in [-0.1, -0.05) is 6.92 Å². The van der Waals surface area contributed by atoms with Crippen molar-refractivity contribution in [3.8, 4) is 0 Å². The fraction of sp³-hybridized carbons (Fsp3) is 0.444. The maximum absolute atomic E-state index is 11.3. The second-order valence-corrected chi connectivity index (χ2v) is 3.01. The largest absolute Gasteiger partial charge is 0.327 e. The van der Waals surface area contributed by atoms with Crippen molar-refractivity contribution in [1.82, 2.24) is 9.97 Å². The first-order valence-electron chi connectivity index (χ1n) is 4.53. The summed E-state index contributed by atoms with van der Waals surface area (Å²) in [5.41, 5.74) is 5.63. The first-order chi connectivity index (χ1) is 6.72. The van der Waals surface area contributed by atoms with Crippen molar-refractivity contribution in [1.29, 1.82) is 0 Å². The van der Waals surface area contributed by atoms with E-state index in [0.29, 0.717) is 12.2 Å². The molecule has 1 amide bonds. The summed E-state index contributed by atoms with van der Waals surface area (Å²) < 4.78 is 0. The van der Waals surface area contributed by atoms with E-state index in [1.54, 1.807) is 6.20 Å². The van der Waals surface area contributed by atoms with Gasteiger partial charge >= 0.3 is 0 Å². The molecule has 0 aliphatic rings. The molecule has 3 N–H and O–H groups in total. The van der Waals surface area contributed by atoms with Gasteiger partial charge < -0.3 is 11.1 Å². The van der Waals surface area contributed by atoms with Gasteiger partial charge in [-0.25, -0.2) is 4.98 Å². The second-order valence-electron chi connectivity index (χ2n) is 3.01. The van der Waals surface area contributed by atoms with Gasteiger partial charge in [0.15, 0.2) is 5.82 Å². The number of amides is 1. The van der Waals surface area contributed by atoms with Crippen molar-refractivity contribution in [3.63, 3.8) is 0 Å². The Labute approximate surface area is 82.7 Å². The molecule has 14 heavy (non-hydrogen) atoms. The lowest BCUT2D eigenvalue weighted by Crippen LogP contribution is -2.26. The molecule has 0 bridgehead atoms. The van der Waals surface area contributed by atoms with Crippen LogP contribution < -0.4 is 11.1 Å². The molecule has 1 atom stereocenters. The highest BCUT2D eigenvalue weighted by Gasteiger charge is 2.07. The highest BCUT2D eigenvalue weighted by molar-refractivity contribution is 5.89. The number of hydrogen-bond donors (Lipinski definition) is 2. The zero-order valence-electron chi connectivity index (χ0n) is 8.10. The molecule has 1 aromatic rings. The van der Waals surface area contributed by atoms with Gasteiger partial charge in [-0.05, 0) is 6.42 Å². The molecule has 5 heteroatoms. The molecule has 5 nitrogen and oxygen atoms in total. The molecule has 0 aliphatic heterocycles. The number of carbonyl (C=O) groups is 1. The van der Waals surface area contributed by atoms with Crippen molar-refractivity contribution in [3.05, 3.63) is 18.6 Å². The molecule has 1 unspecified atom stereocenters. The van der Waals surface area contributed by atoms with Gasteiger partial charge in [0.1, 0.15) is 0 Å². The lowest BCUT2D eigenvalue weighted by atomic mass is 10.1. The van der Waals surface area contributed by atoms with E-state index in [0.717, 1.165) is 6.42 Å². The van der Waals surface area contributed by atoms with E-state index >= 15 is 0 Å². The van der Waals surface area contributed by atoms with Crippen LogP contribution in [-0.4, -0.2) is 21.9 Å². The van der Waals surface area contributed by atoms with Crippen molar-refractivity contribution in [2.75, 3.05) is 5.32 Å². The average Bonchev–Trinajstić information content (AvgIpc) is 2.19. The summed E-state index contributed by atoms with van der Waals surface area (Å²) in [6.07, 6.45) is 5.67. The number of nitrogens with zero attached hydrogens (tertiary/aromatic N) is 2. The fourth-order valence-electron chi connectivity index (χ4n) is 0.940. The third kappa shape index (κ3) is 3.49. The Morgan fingerprint density at radius 1 is 1.64 bits per heavy atom. The number of nitrogens with two attached hydrogens (primary N) is 1. The lowest BCUT2D eigenvalue weighted by molar-refractivity contribution is -0.116. The predicted molar refractivity (Wildman–Crippen MR) is 53.5 cm³/mol. The van der Waals surface area contributed by atoms with Gasteiger partial charge in [0.05, 0.1) is 6.20 Å². The standard InChI is InChI=1S/C9H14N4O/c1-2-7(10)5-9(14)13-8-6-11-3-4-12-8/h3-4,6-7H,2,5,10H2,1H3,(H,12,13,14). The van der Waals surface area contributed by atoms with Gasteiger partial charge in [-0.2, -0.15) is 0 Å². The Morgan fingerprint density at radius 2 is 2.43 bits per heavy atom. The smallest absolute Gasteiger partial charge is 0.227 e. The molecule has 0 radical (unpaired) electrons. The van der Waals surface area contributed by atoms with Gasteiger partial charge in [-0.15, -0.1) is 0 Å². The third-order valence-electron chi connectivity index (χ3n) is 1.80. The first-order valence-corrected chi connectivity index (χ1v) is 4.53. The van der Waals surface area contributed by atoms with Crippen LogP contribution in [0.15, 0.2) is 18.6 Å². The van der Waals surface area contributed by atoms with Crippen molar-refractivity contribution in [2.24, 2.45) is 5.73 Å². The Morgan fingerprint density at radius 3 is 3.00 bits per heavy atom. The van der Waals surface area contributed by atoms with E-state index in [2.05, 4.69) is 15.3 Å². The van der Waals surface area contributed by atoms with Crippen LogP contribution in [-0.2, 0) is 4.79 Å². The molecule has 0 saturated carbocycles. The Balaban J connectivity index is 2.42. The third-order valence-corrected chi connectivity index (χ3v) is 1.80. The molecule has 76 valence electrons. The molecule has 0 aromatic carbocycles. The predicted octanol–water partition coefficient (Wildman–Crippen LogP) is 0.542. The minimum absolute atomic E-state index is 0.0910. The molecule has 1 heterocycles. The number of aromatic nitrogens is 2. The van der Waals surface area contributed by atoms with E-state index in [1.165, 1.54) is 12.4 Å². The van der Waals surface area contributed by atoms with Crippen LogP contribution >= 0.6 is 0 Å². The lowest BCUT2D eigenvalue weighted by Gasteiger charge is -2.07. The van der Waals surface area contributed by atoms with Crippen LogP contribution in [0.1, 0.15) is 19.8 Å². The van der Waals surface area contributed by atoms with Gasteiger partial charge in [0.25, 0.3) is 0 Å². The van der Waals surface area contributed by atoms with Gasteiger partial charge in [-0.3, -0.25) is 9.78 Å². The molecule has 0 saturated heterocycles. The number of hydrogen-bond acceptors (Lipinski definition) is 4. The van der Waals surface area contributed by atoms with Crippen LogP contribution in [0.3, 0.4) is 0 Å². The average molecular weight is 194 g/mol. The summed E-state index contributed by atoms with van der Waals surface area (Å²) in [5.74, 6) is 0.334. The molecule has 0 aliphatic carbocycles. The van der Waals surface area contributed by atoms with E-state index in [-0.39, 0.29) is 11.9 Å². The van der Waals surface area contributed by atoms with Crippen molar-refractivity contribution in [2.45, 2.75) is 25.8 Å². The molecule has 0 fully saturated rings. The molecular weight excluding hydrogens is 180 g/mol. The normalized spacial score (nSPS) is 12.1. The van der Waals surface area contributed by atoms with Crippen molar-refractivity contribution >= 4 is 11.7 Å². The molecule has 0 spiro atoms. The number of anilines is 1. The maximum atomic E-state index is 11.3. The van der Waals surface area contributed by atoms with Crippen LogP contribution in [0.4, 0.5) is 5.82 Å². The first kappa shape index (κ1) is 10.6. The summed E-state index contributed by atoms with van der Waals surface area (Å²) in [5, 5.41) is 2.61. The summed E-state index contributed by atoms with van der Waals surface area (Å²) >= 11 is 0. The van der Waals surface area contributed by atoms with E-state index in [9.17, 15) is 4.79 Å². The SMILES string of the molecule is CCC(N)CC(=O)Nc1cnccn1. The zero-order chi connectivity index (χ0) is 10.4. The number of nitrogens with one attached hydrogen (secondary N) is 1. The van der Waals surface area contributed by atoms with Crippen LogP contribution in [0.5, 0.6) is 0 Å². The van der Waals surface area contributed by atoms with E-state index < -0.39 is 0 Å². The summed E-state index contributed by atoms with van der Waals surface area (Å²) in [4.78, 5) is 19.1. The minimum Gasteiger partial charge on any atom is -0.327 e. The highest BCUT2D eigenvalue weighted by Crippen LogP contribution is 2.00. The maximum Gasteiger partial charge on any atom is 0.227 e. The minimum atomic E-state index is -0.125. The molecule has 1 aromatic heterocycles. The van der Waals surface area contributed by atoms with Gasteiger partial charge in [0.2, 0.25) is 5.91 Å². The molecular formula is C9H14N4O. The molecule has 1 rings (SSSR count). The van der Waals surface area contributed by atoms with Crippen LogP contribution in [0.25, 0.3) is 0 Å². The second kappa shape index (κ2) is 5.29. The van der Waals surface area contributed by atoms with Gasteiger partial charge in [0, 0.05) is 24.9 Å². The number of rotatable bonds is 4. The fourth-order valence-corrected chi connectivity index (χ4v) is 0.940. The summed E-state index contributed by atoms with van der Waals surface area (Å²) in [7, 11) is 0. The Hall–Kier alpha value is -1.49. The zero-order valence-corrected chi connectivity index (χ0v) is 8.10. The van der Waals surface area contributed by atoms with Crippen LogP contribution in [0, 0.1) is 0 Å². The highest BCUT2D eigenvalue weighted by atomic mass is 16.1. The summed E-state index contributed by atoms with van der Waals surface area (Å²) in [6, 6.07) is -0.0910. The van der Waals surface area contributed by atoms with Crippen molar-refractivity contribution < 1.29 is 4.79 Å². The Kier molecular flexibility index (Phi) is 4.00. The summed E-state index contributed by atoms with van der Waals surface area (Å²) in [6.45, 7) is 1.94. The van der Waals surface area contributed by atoms with E-state index in [1.807, 2.05) is 6.92 Å². The number of carbonyl (C=O) groups excluding carboxylic acids is 1. The topological polar surface area (TPSA) is 80.9 Å². The monoisotopic (exact) mass is 194 g/mol. The van der Waals surface area contributed by atoms with E-state index in [4.69, 9.17) is 5.73 Å². The Bertz CT molecular complexity index is 288.